The summed E-state index contributed by atoms with van der Waals surface area (Å²) in [5.41, 5.74) is 1.03. The summed E-state index contributed by atoms with van der Waals surface area (Å²) in [4.78, 5) is 0. The summed E-state index contributed by atoms with van der Waals surface area (Å²) < 4.78 is 15.7. The first-order chi connectivity index (χ1) is 5.68. The van der Waals surface area contributed by atoms with Crippen LogP contribution in [0.25, 0.3) is 10.9 Å². The lowest BCUT2D eigenvalue weighted by molar-refractivity contribution is 0.629. The summed E-state index contributed by atoms with van der Waals surface area (Å²) in [5.74, 6) is -0.194. The Morgan fingerprint density at radius 2 is 2.08 bits per heavy atom. The molecule has 0 amide bonds. The predicted octanol–water partition coefficient (Wildman–Crippen LogP) is 3.08. The summed E-state index contributed by atoms with van der Waals surface area (Å²) in [5, 5.41) is 0.921. The standard InChI is InChI=1S/C9H7BrFN/c1-12-8-3-2-7(11)4-6(8)5-9(12)10/h2-5H,1H3. The van der Waals surface area contributed by atoms with Gasteiger partial charge in [0.2, 0.25) is 0 Å². The Kier molecular flexibility index (Phi) is 1.68. The van der Waals surface area contributed by atoms with Gasteiger partial charge in [-0.15, -0.1) is 0 Å². The highest BCUT2D eigenvalue weighted by molar-refractivity contribution is 9.10. The zero-order valence-electron chi connectivity index (χ0n) is 6.51. The second-order valence-electron chi connectivity index (χ2n) is 2.73. The van der Waals surface area contributed by atoms with Crippen molar-refractivity contribution < 1.29 is 4.39 Å². The van der Waals surface area contributed by atoms with Gasteiger partial charge in [-0.25, -0.2) is 4.39 Å². The molecule has 1 heterocycles. The number of nitrogens with zero attached hydrogens (tertiary/aromatic N) is 1. The van der Waals surface area contributed by atoms with E-state index in [1.165, 1.54) is 12.1 Å². The Labute approximate surface area is 77.9 Å². The van der Waals surface area contributed by atoms with Crippen molar-refractivity contribution in [1.29, 1.82) is 0 Å². The van der Waals surface area contributed by atoms with Crippen molar-refractivity contribution in [3.63, 3.8) is 0 Å². The molecule has 0 aliphatic carbocycles. The number of halogens is 2. The Morgan fingerprint density at radius 1 is 1.33 bits per heavy atom. The van der Waals surface area contributed by atoms with Crippen molar-refractivity contribution in [1.82, 2.24) is 4.57 Å². The van der Waals surface area contributed by atoms with Crippen molar-refractivity contribution in [2.45, 2.75) is 0 Å². The van der Waals surface area contributed by atoms with E-state index in [1.54, 1.807) is 6.07 Å². The predicted molar refractivity (Wildman–Crippen MR) is 50.6 cm³/mol. The van der Waals surface area contributed by atoms with Crippen molar-refractivity contribution in [2.24, 2.45) is 7.05 Å². The minimum atomic E-state index is -0.194. The average Bonchev–Trinajstić information content (AvgIpc) is 2.28. The third-order valence-corrected chi connectivity index (χ3v) is 2.71. The molecule has 0 N–H and O–H groups in total. The van der Waals surface area contributed by atoms with Crippen LogP contribution in [0.3, 0.4) is 0 Å². The van der Waals surface area contributed by atoms with Crippen LogP contribution in [0.2, 0.25) is 0 Å². The summed E-state index contributed by atoms with van der Waals surface area (Å²) in [7, 11) is 1.93. The Hall–Kier alpha value is -0.830. The number of fused-ring (bicyclic) bond motifs is 1. The summed E-state index contributed by atoms with van der Waals surface area (Å²) in [6.45, 7) is 0. The quantitative estimate of drug-likeness (QED) is 0.652. The first-order valence-corrected chi connectivity index (χ1v) is 4.38. The first-order valence-electron chi connectivity index (χ1n) is 3.59. The molecule has 2 rings (SSSR count). The van der Waals surface area contributed by atoms with Crippen molar-refractivity contribution in [3.05, 3.63) is 34.7 Å². The van der Waals surface area contributed by atoms with Gasteiger partial charge in [0, 0.05) is 18.0 Å². The molecule has 0 unspecified atom stereocenters. The van der Waals surface area contributed by atoms with Crippen LogP contribution in [0.5, 0.6) is 0 Å². The van der Waals surface area contributed by atoms with Crippen molar-refractivity contribution in [3.8, 4) is 0 Å². The fraction of sp³-hybridized carbons (Fsp3) is 0.111. The van der Waals surface area contributed by atoms with Crippen LogP contribution in [0, 0.1) is 5.82 Å². The van der Waals surface area contributed by atoms with Crippen LogP contribution in [0.4, 0.5) is 4.39 Å². The van der Waals surface area contributed by atoms with Gasteiger partial charge in [-0.05, 0) is 40.2 Å². The summed E-state index contributed by atoms with van der Waals surface area (Å²) in [6, 6.07) is 6.67. The summed E-state index contributed by atoms with van der Waals surface area (Å²) in [6.07, 6.45) is 0. The lowest BCUT2D eigenvalue weighted by Crippen LogP contribution is -1.85. The van der Waals surface area contributed by atoms with Gasteiger partial charge < -0.3 is 4.57 Å². The average molecular weight is 228 g/mol. The number of aryl methyl sites for hydroxylation is 1. The second-order valence-corrected chi connectivity index (χ2v) is 3.54. The SMILES string of the molecule is Cn1c(Br)cc2cc(F)ccc21. The van der Waals surface area contributed by atoms with E-state index in [0.29, 0.717) is 0 Å². The summed E-state index contributed by atoms with van der Waals surface area (Å²) >= 11 is 3.37. The molecular formula is C9H7BrFN. The first kappa shape index (κ1) is 7.80. The highest BCUT2D eigenvalue weighted by Crippen LogP contribution is 2.22. The maximum absolute atomic E-state index is 12.8. The van der Waals surface area contributed by atoms with E-state index >= 15 is 0 Å². The van der Waals surface area contributed by atoms with Gasteiger partial charge in [-0.1, -0.05) is 0 Å². The Morgan fingerprint density at radius 3 is 2.83 bits per heavy atom. The van der Waals surface area contributed by atoms with Crippen LogP contribution in [0.1, 0.15) is 0 Å². The third kappa shape index (κ3) is 1.05. The molecule has 0 aliphatic rings. The van der Waals surface area contributed by atoms with Gasteiger partial charge in [0.15, 0.2) is 0 Å². The van der Waals surface area contributed by atoms with Crippen LogP contribution in [0.15, 0.2) is 28.9 Å². The molecule has 0 saturated heterocycles. The van der Waals surface area contributed by atoms with E-state index in [4.69, 9.17) is 0 Å². The molecule has 1 aromatic heterocycles. The maximum atomic E-state index is 12.8. The zero-order valence-corrected chi connectivity index (χ0v) is 8.10. The molecule has 3 heteroatoms. The normalized spacial score (nSPS) is 10.9. The number of aromatic nitrogens is 1. The molecule has 0 fully saturated rings. The molecule has 2 aromatic rings. The highest BCUT2D eigenvalue weighted by Gasteiger charge is 2.02. The molecule has 12 heavy (non-hydrogen) atoms. The topological polar surface area (TPSA) is 4.93 Å². The van der Waals surface area contributed by atoms with E-state index in [9.17, 15) is 4.39 Å². The minimum absolute atomic E-state index is 0.194. The van der Waals surface area contributed by atoms with Gasteiger partial charge in [0.25, 0.3) is 0 Å². The molecule has 0 radical (unpaired) electrons. The Balaban J connectivity index is 2.87. The smallest absolute Gasteiger partial charge is 0.123 e. The molecule has 1 nitrogen and oxygen atoms in total. The van der Waals surface area contributed by atoms with Crippen molar-refractivity contribution in [2.75, 3.05) is 0 Å². The van der Waals surface area contributed by atoms with Gasteiger partial charge in [0.1, 0.15) is 5.82 Å². The van der Waals surface area contributed by atoms with E-state index in [2.05, 4.69) is 15.9 Å². The zero-order chi connectivity index (χ0) is 8.72. The second kappa shape index (κ2) is 2.59. The molecule has 0 atom stereocenters. The molecule has 0 spiro atoms. The fourth-order valence-corrected chi connectivity index (χ4v) is 1.72. The number of hydrogen-bond donors (Lipinski definition) is 0. The third-order valence-electron chi connectivity index (χ3n) is 1.95. The van der Waals surface area contributed by atoms with Crippen LogP contribution in [-0.4, -0.2) is 4.57 Å². The largest absolute Gasteiger partial charge is 0.338 e. The molecule has 62 valence electrons. The van der Waals surface area contributed by atoms with E-state index in [0.717, 1.165) is 15.5 Å². The van der Waals surface area contributed by atoms with Crippen LogP contribution in [-0.2, 0) is 7.05 Å². The molecule has 0 aliphatic heterocycles. The van der Waals surface area contributed by atoms with Crippen molar-refractivity contribution >= 4 is 26.8 Å². The molecular weight excluding hydrogens is 221 g/mol. The van der Waals surface area contributed by atoms with E-state index in [-0.39, 0.29) is 5.82 Å². The number of hydrogen-bond acceptors (Lipinski definition) is 0. The molecule has 0 bridgehead atoms. The van der Waals surface area contributed by atoms with Crippen LogP contribution < -0.4 is 0 Å². The molecule has 0 saturated carbocycles. The maximum Gasteiger partial charge on any atom is 0.123 e. The van der Waals surface area contributed by atoms with Crippen LogP contribution >= 0.6 is 15.9 Å². The number of benzene rings is 1. The van der Waals surface area contributed by atoms with Gasteiger partial charge in [-0.3, -0.25) is 0 Å². The van der Waals surface area contributed by atoms with E-state index < -0.39 is 0 Å². The Bertz CT molecular complexity index is 433. The molecule has 1 aromatic carbocycles. The highest BCUT2D eigenvalue weighted by atomic mass is 79.9. The monoisotopic (exact) mass is 227 g/mol. The van der Waals surface area contributed by atoms with Gasteiger partial charge >= 0.3 is 0 Å². The minimum Gasteiger partial charge on any atom is -0.338 e. The lowest BCUT2D eigenvalue weighted by atomic mass is 10.2. The van der Waals surface area contributed by atoms with Gasteiger partial charge in [-0.2, -0.15) is 0 Å². The lowest BCUT2D eigenvalue weighted by Gasteiger charge is -1.96. The van der Waals surface area contributed by atoms with E-state index in [1.807, 2.05) is 17.7 Å². The number of rotatable bonds is 0. The van der Waals surface area contributed by atoms with Gasteiger partial charge in [0.05, 0.1) is 4.60 Å². The fourth-order valence-electron chi connectivity index (χ4n) is 1.29.